The van der Waals surface area contributed by atoms with Crippen LogP contribution >= 0.6 is 11.8 Å². The predicted octanol–water partition coefficient (Wildman–Crippen LogP) is 2.82. The van der Waals surface area contributed by atoms with Crippen LogP contribution < -0.4 is 5.32 Å². The van der Waals surface area contributed by atoms with Crippen LogP contribution in [0.15, 0.2) is 0 Å². The van der Waals surface area contributed by atoms with Crippen molar-refractivity contribution in [2.45, 2.75) is 62.8 Å². The van der Waals surface area contributed by atoms with Gasteiger partial charge in [0.25, 0.3) is 0 Å². The molecule has 0 aliphatic carbocycles. The molecule has 0 spiro atoms. The van der Waals surface area contributed by atoms with Crippen LogP contribution in [0, 0.1) is 0 Å². The van der Waals surface area contributed by atoms with Crippen molar-refractivity contribution in [1.82, 2.24) is 5.32 Å². The average Bonchev–Trinajstić information content (AvgIpc) is 2.80. The normalized spacial score (nSPS) is 40.1. The summed E-state index contributed by atoms with van der Waals surface area (Å²) in [5.74, 6) is 1.37. The maximum atomic E-state index is 5.87. The Labute approximate surface area is 104 Å². The van der Waals surface area contributed by atoms with Crippen molar-refractivity contribution in [3.8, 4) is 0 Å². The summed E-state index contributed by atoms with van der Waals surface area (Å²) in [6.45, 7) is 6.62. The molecule has 2 aliphatic heterocycles. The minimum absolute atomic E-state index is 0.124. The van der Waals surface area contributed by atoms with Gasteiger partial charge in [0.2, 0.25) is 0 Å². The Bertz CT molecular complexity index is 218. The van der Waals surface area contributed by atoms with Gasteiger partial charge in [-0.15, -0.1) is 0 Å². The standard InChI is InChI=1S/C13H25NOS/c1-3-13(2)9-11(6-7-15-13)14-10-12-5-4-8-16-12/h11-12,14H,3-10H2,1-2H3. The van der Waals surface area contributed by atoms with Crippen LogP contribution in [0.5, 0.6) is 0 Å². The molecule has 2 nitrogen and oxygen atoms in total. The minimum atomic E-state index is 0.124. The van der Waals surface area contributed by atoms with Gasteiger partial charge >= 0.3 is 0 Å². The van der Waals surface area contributed by atoms with E-state index in [2.05, 4.69) is 30.9 Å². The third-order valence-electron chi connectivity index (χ3n) is 4.00. The molecule has 0 amide bonds. The number of rotatable bonds is 4. The van der Waals surface area contributed by atoms with Gasteiger partial charge in [0, 0.05) is 24.4 Å². The zero-order valence-electron chi connectivity index (χ0n) is 10.6. The van der Waals surface area contributed by atoms with Crippen molar-refractivity contribution in [1.29, 1.82) is 0 Å². The van der Waals surface area contributed by atoms with E-state index in [0.717, 1.165) is 18.3 Å². The van der Waals surface area contributed by atoms with E-state index in [-0.39, 0.29) is 5.60 Å². The van der Waals surface area contributed by atoms with Crippen molar-refractivity contribution in [2.75, 3.05) is 18.9 Å². The number of hydrogen-bond donors (Lipinski definition) is 1. The topological polar surface area (TPSA) is 21.3 Å². The molecule has 3 unspecified atom stereocenters. The average molecular weight is 243 g/mol. The van der Waals surface area contributed by atoms with Crippen molar-refractivity contribution in [3.05, 3.63) is 0 Å². The summed E-state index contributed by atoms with van der Waals surface area (Å²) in [6.07, 6.45) is 6.32. The van der Waals surface area contributed by atoms with Crippen molar-refractivity contribution in [3.63, 3.8) is 0 Å². The van der Waals surface area contributed by atoms with Crippen LogP contribution in [0.2, 0.25) is 0 Å². The molecular formula is C13H25NOS. The Morgan fingerprint density at radius 2 is 2.31 bits per heavy atom. The number of ether oxygens (including phenoxy) is 1. The van der Waals surface area contributed by atoms with Crippen molar-refractivity contribution in [2.24, 2.45) is 0 Å². The van der Waals surface area contributed by atoms with Crippen LogP contribution in [-0.2, 0) is 4.74 Å². The summed E-state index contributed by atoms with van der Waals surface area (Å²) in [7, 11) is 0. The first-order valence-corrected chi connectivity index (χ1v) is 7.76. The quantitative estimate of drug-likeness (QED) is 0.820. The molecule has 2 saturated heterocycles. The fourth-order valence-corrected chi connectivity index (χ4v) is 3.87. The molecule has 0 aromatic rings. The van der Waals surface area contributed by atoms with E-state index in [4.69, 9.17) is 4.74 Å². The van der Waals surface area contributed by atoms with E-state index in [0.29, 0.717) is 6.04 Å². The van der Waals surface area contributed by atoms with E-state index in [1.807, 2.05) is 0 Å². The largest absolute Gasteiger partial charge is 0.375 e. The zero-order chi connectivity index (χ0) is 11.4. The van der Waals surface area contributed by atoms with Gasteiger partial charge in [0.15, 0.2) is 0 Å². The van der Waals surface area contributed by atoms with Crippen LogP contribution in [0.1, 0.15) is 46.0 Å². The maximum absolute atomic E-state index is 5.87. The Hall–Kier alpha value is 0.270. The van der Waals surface area contributed by atoms with Gasteiger partial charge in [-0.05, 0) is 44.8 Å². The molecule has 94 valence electrons. The molecular weight excluding hydrogens is 218 g/mol. The van der Waals surface area contributed by atoms with E-state index < -0.39 is 0 Å². The van der Waals surface area contributed by atoms with Crippen LogP contribution in [0.3, 0.4) is 0 Å². The third kappa shape index (κ3) is 3.38. The first-order chi connectivity index (χ1) is 7.72. The minimum Gasteiger partial charge on any atom is -0.375 e. The highest BCUT2D eigenvalue weighted by atomic mass is 32.2. The maximum Gasteiger partial charge on any atom is 0.0666 e. The van der Waals surface area contributed by atoms with Gasteiger partial charge in [-0.1, -0.05) is 6.92 Å². The lowest BCUT2D eigenvalue weighted by atomic mass is 9.90. The second kappa shape index (κ2) is 5.74. The highest BCUT2D eigenvalue weighted by molar-refractivity contribution is 8.00. The second-order valence-electron chi connectivity index (χ2n) is 5.38. The Morgan fingerprint density at radius 1 is 1.44 bits per heavy atom. The molecule has 16 heavy (non-hydrogen) atoms. The Balaban J connectivity index is 1.72. The molecule has 0 aromatic heterocycles. The first kappa shape index (κ1) is 12.7. The number of nitrogens with one attached hydrogen (secondary N) is 1. The number of thioether (sulfide) groups is 1. The van der Waals surface area contributed by atoms with Crippen molar-refractivity contribution < 1.29 is 4.74 Å². The summed E-state index contributed by atoms with van der Waals surface area (Å²) in [5, 5.41) is 4.62. The molecule has 2 heterocycles. The molecule has 2 aliphatic rings. The Kier molecular flexibility index (Phi) is 4.57. The summed E-state index contributed by atoms with van der Waals surface area (Å²) in [4.78, 5) is 0. The van der Waals surface area contributed by atoms with Crippen LogP contribution in [-0.4, -0.2) is 35.8 Å². The lowest BCUT2D eigenvalue weighted by Gasteiger charge is -2.38. The summed E-state index contributed by atoms with van der Waals surface area (Å²) in [6, 6.07) is 0.680. The molecule has 0 bridgehead atoms. The van der Waals surface area contributed by atoms with E-state index in [9.17, 15) is 0 Å². The monoisotopic (exact) mass is 243 g/mol. The van der Waals surface area contributed by atoms with Gasteiger partial charge in [0.1, 0.15) is 0 Å². The molecule has 0 aromatic carbocycles. The van der Waals surface area contributed by atoms with Crippen molar-refractivity contribution >= 4 is 11.8 Å². The third-order valence-corrected chi connectivity index (χ3v) is 5.40. The second-order valence-corrected chi connectivity index (χ2v) is 6.79. The summed E-state index contributed by atoms with van der Waals surface area (Å²) >= 11 is 2.14. The smallest absolute Gasteiger partial charge is 0.0666 e. The zero-order valence-corrected chi connectivity index (χ0v) is 11.4. The predicted molar refractivity (Wildman–Crippen MR) is 71.2 cm³/mol. The van der Waals surface area contributed by atoms with Crippen LogP contribution in [0.4, 0.5) is 0 Å². The van der Waals surface area contributed by atoms with Gasteiger partial charge in [-0.2, -0.15) is 11.8 Å². The lowest BCUT2D eigenvalue weighted by molar-refractivity contribution is -0.0778. The van der Waals surface area contributed by atoms with Gasteiger partial charge < -0.3 is 10.1 Å². The summed E-state index contributed by atoms with van der Waals surface area (Å²) in [5.41, 5.74) is 0.124. The molecule has 2 fully saturated rings. The highest BCUT2D eigenvalue weighted by Gasteiger charge is 2.31. The highest BCUT2D eigenvalue weighted by Crippen LogP contribution is 2.29. The van der Waals surface area contributed by atoms with E-state index in [1.165, 1.54) is 38.0 Å². The molecule has 3 atom stereocenters. The fraction of sp³-hybridized carbons (Fsp3) is 1.00. The van der Waals surface area contributed by atoms with Gasteiger partial charge in [0.05, 0.1) is 5.60 Å². The molecule has 1 N–H and O–H groups in total. The molecule has 0 radical (unpaired) electrons. The van der Waals surface area contributed by atoms with Crippen LogP contribution in [0.25, 0.3) is 0 Å². The lowest BCUT2D eigenvalue weighted by Crippen LogP contribution is -2.46. The number of hydrogen-bond acceptors (Lipinski definition) is 3. The molecule has 3 heteroatoms. The Morgan fingerprint density at radius 3 is 3.00 bits per heavy atom. The van der Waals surface area contributed by atoms with Gasteiger partial charge in [-0.3, -0.25) is 0 Å². The fourth-order valence-electron chi connectivity index (χ4n) is 2.65. The first-order valence-electron chi connectivity index (χ1n) is 6.71. The SMILES string of the molecule is CCC1(C)CC(NCC2CCCS2)CCO1. The summed E-state index contributed by atoms with van der Waals surface area (Å²) < 4.78 is 5.87. The van der Waals surface area contributed by atoms with Gasteiger partial charge in [-0.25, -0.2) is 0 Å². The molecule has 2 rings (SSSR count). The van der Waals surface area contributed by atoms with E-state index in [1.54, 1.807) is 0 Å². The van der Waals surface area contributed by atoms with E-state index >= 15 is 0 Å². The molecule has 0 saturated carbocycles.